The van der Waals surface area contributed by atoms with E-state index in [1.54, 1.807) is 52.5 Å². The fourth-order valence-corrected chi connectivity index (χ4v) is 11.9. The molecule has 0 aromatic heterocycles. The van der Waals surface area contributed by atoms with Gasteiger partial charge in [-0.15, -0.1) is 0 Å². The molecule has 2 nitrogen and oxygen atoms in total. The second-order valence-corrected chi connectivity index (χ2v) is 22.8. The van der Waals surface area contributed by atoms with Gasteiger partial charge in [-0.05, 0) is 148 Å². The standard InChI is InChI=1S/C56H92N2.2C7H7.Ni/c1-8-15-22-27-28-33-38-50-45-55(51-41-46(34-29-23-16-9-2)53(39-20-13-6)47(42-51)35-30-24-17-10-3)58(57)56(50)52-43-48(36-31-25-18-11-4)54(40-21-14-7)49(44-52)37-32-26-19-12-5;2*1-7-5-3-2-4-6-7;/h41-45H,8-40H2,1-7H3;2*2-6H,1H2;. The summed E-state index contributed by atoms with van der Waals surface area (Å²) in [5.74, 6) is 0. The first-order chi connectivity index (χ1) is 35.9. The zero-order valence-electron chi connectivity index (χ0n) is 48.1. The van der Waals surface area contributed by atoms with Crippen LogP contribution in [0.2, 0.25) is 0 Å². The summed E-state index contributed by atoms with van der Waals surface area (Å²) < 4.78 is 1.66. The molecular formula is C70H106N2Ni. The summed E-state index contributed by atoms with van der Waals surface area (Å²) in [6.07, 6.45) is 43.7. The number of nitrogens with zero attached hydrogens (tertiary/aromatic N) is 2. The molecule has 0 radical (unpaired) electrons. The summed E-state index contributed by atoms with van der Waals surface area (Å²) >= 11 is 1.78. The number of allylic oxidation sites excluding steroid dienone is 2. The van der Waals surface area contributed by atoms with Crippen LogP contribution in [0.15, 0.2) is 96.6 Å². The first-order valence-electron chi connectivity index (χ1n) is 30.7. The van der Waals surface area contributed by atoms with Crippen molar-refractivity contribution in [2.45, 2.75) is 271 Å². The molecule has 0 amide bonds. The Morgan fingerprint density at radius 1 is 0.356 bits per heavy atom. The van der Waals surface area contributed by atoms with Crippen LogP contribution in [0, 0.1) is 0 Å². The quantitative estimate of drug-likeness (QED) is 0.0242. The van der Waals surface area contributed by atoms with E-state index in [4.69, 9.17) is 0 Å². The average Bonchev–Trinajstić information content (AvgIpc) is 3.75. The summed E-state index contributed by atoms with van der Waals surface area (Å²) in [6, 6.07) is 31.4. The molecule has 73 heavy (non-hydrogen) atoms. The van der Waals surface area contributed by atoms with E-state index in [2.05, 4.69) is 139 Å². The van der Waals surface area contributed by atoms with Gasteiger partial charge < -0.3 is 5.53 Å². The van der Waals surface area contributed by atoms with Crippen molar-refractivity contribution in [2.75, 3.05) is 0 Å². The van der Waals surface area contributed by atoms with Crippen LogP contribution < -0.4 is 0 Å². The van der Waals surface area contributed by atoms with Crippen molar-refractivity contribution in [2.24, 2.45) is 0 Å². The van der Waals surface area contributed by atoms with E-state index < -0.39 is 0 Å². The van der Waals surface area contributed by atoms with E-state index in [0.29, 0.717) is 0 Å². The maximum atomic E-state index is 12.7. The van der Waals surface area contributed by atoms with Crippen LogP contribution in [-0.2, 0) is 63.7 Å². The summed E-state index contributed by atoms with van der Waals surface area (Å²) in [6.45, 7) is 16.3. The first-order valence-corrected chi connectivity index (χ1v) is 32.1. The first kappa shape index (κ1) is 62.0. The number of rotatable bonds is 39. The molecule has 4 aromatic rings. The monoisotopic (exact) mass is 1030 g/mol. The van der Waals surface area contributed by atoms with Gasteiger partial charge in [-0.1, -0.05) is 170 Å². The van der Waals surface area contributed by atoms with Gasteiger partial charge in [0.1, 0.15) is 0 Å². The molecule has 1 aliphatic heterocycles. The molecule has 4 aromatic carbocycles. The Morgan fingerprint density at radius 2 is 0.685 bits per heavy atom. The van der Waals surface area contributed by atoms with Crippen molar-refractivity contribution >= 4 is 11.4 Å². The molecule has 0 N–H and O–H groups in total. The van der Waals surface area contributed by atoms with E-state index in [0.717, 1.165) is 54.3 Å². The van der Waals surface area contributed by atoms with Crippen LogP contribution in [0.25, 0.3) is 16.9 Å². The van der Waals surface area contributed by atoms with Crippen molar-refractivity contribution in [3.8, 4) is 0 Å². The normalized spacial score (nSPS) is 12.5. The van der Waals surface area contributed by atoms with Gasteiger partial charge in [0.15, 0.2) is 0 Å². The van der Waals surface area contributed by atoms with Crippen LogP contribution in [-0.4, -0.2) is 4.70 Å². The Morgan fingerprint density at radius 3 is 1.07 bits per heavy atom. The molecule has 0 fully saturated rings. The van der Waals surface area contributed by atoms with Gasteiger partial charge in [-0.25, -0.2) is 4.70 Å². The molecule has 3 heteroatoms. The number of benzene rings is 4. The minimum atomic E-state index is 1.01. The van der Waals surface area contributed by atoms with E-state index >= 15 is 0 Å². The summed E-state index contributed by atoms with van der Waals surface area (Å²) in [5, 5.41) is 2.23. The van der Waals surface area contributed by atoms with Gasteiger partial charge >= 0.3 is 97.0 Å². The van der Waals surface area contributed by atoms with Crippen LogP contribution in [0.5, 0.6) is 0 Å². The Labute approximate surface area is 456 Å². The molecule has 0 bridgehead atoms. The van der Waals surface area contributed by atoms with Crippen LogP contribution in [0.3, 0.4) is 0 Å². The molecule has 0 spiro atoms. The van der Waals surface area contributed by atoms with Gasteiger partial charge in [0.25, 0.3) is 0 Å². The molecule has 1 aliphatic rings. The fraction of sp³-hybridized carbons (Fsp3) is 0.600. The van der Waals surface area contributed by atoms with Gasteiger partial charge in [-0.2, -0.15) is 0 Å². The van der Waals surface area contributed by atoms with Crippen LogP contribution >= 0.6 is 0 Å². The average molecular weight is 1030 g/mol. The summed E-state index contributed by atoms with van der Waals surface area (Å²) in [7, 11) is 0. The van der Waals surface area contributed by atoms with Gasteiger partial charge in [-0.3, -0.25) is 0 Å². The number of hydrogen-bond donors (Lipinski definition) is 0. The molecule has 1 heterocycles. The third-order valence-corrected chi connectivity index (χ3v) is 16.5. The Balaban J connectivity index is 0.000000650. The predicted octanol–water partition coefficient (Wildman–Crippen LogP) is 21.9. The third-order valence-electron chi connectivity index (χ3n) is 15.2. The fourth-order valence-electron chi connectivity index (χ4n) is 10.8. The van der Waals surface area contributed by atoms with Crippen molar-refractivity contribution in [3.05, 3.63) is 158 Å². The van der Waals surface area contributed by atoms with Crippen molar-refractivity contribution in [1.82, 2.24) is 0 Å². The van der Waals surface area contributed by atoms with E-state index in [-0.39, 0.29) is 0 Å². The number of hydrogen-bond acceptors (Lipinski definition) is 0. The molecule has 0 unspecified atom stereocenters. The molecule has 0 saturated heterocycles. The molecular weight excluding hydrogens is 927 g/mol. The molecule has 0 saturated carbocycles. The molecule has 0 atom stereocenters. The van der Waals surface area contributed by atoms with Crippen molar-refractivity contribution < 1.29 is 19.1 Å². The number of unbranched alkanes of at least 4 members (excludes halogenated alkanes) is 19. The third kappa shape index (κ3) is 23.1. The zero-order valence-corrected chi connectivity index (χ0v) is 49.1. The van der Waals surface area contributed by atoms with Crippen LogP contribution in [0.4, 0.5) is 0 Å². The summed E-state index contributed by atoms with van der Waals surface area (Å²) in [5.41, 5.74) is 30.9. The number of aryl methyl sites for hydroxylation is 4. The van der Waals surface area contributed by atoms with E-state index in [1.165, 1.54) is 208 Å². The molecule has 5 rings (SSSR count). The Bertz CT molecular complexity index is 2040. The molecule has 406 valence electrons. The van der Waals surface area contributed by atoms with Gasteiger partial charge in [0, 0.05) is 22.8 Å². The molecule has 0 aliphatic carbocycles. The van der Waals surface area contributed by atoms with Crippen LogP contribution in [0.1, 0.15) is 277 Å². The topological polar surface area (TPSA) is 25.3 Å². The maximum absolute atomic E-state index is 12.7. The Kier molecular flexibility index (Phi) is 33.1. The van der Waals surface area contributed by atoms with E-state index in [9.17, 15) is 5.53 Å². The van der Waals surface area contributed by atoms with Gasteiger partial charge in [0.2, 0.25) is 11.4 Å². The SMILES string of the molecule is CCCCCCCCC1=C(c2cc(CCCCCC)c(CCCC)c(CCCCCC)c2)[N+](=[N-])C(c2cc(CCCCCC)c(CCCC)c(CCCCCC)c2)=C1.c1ccc([CH2][Ni][CH2]c2ccccc2)cc1. The second-order valence-electron chi connectivity index (χ2n) is 21.6. The zero-order chi connectivity index (χ0) is 52.1. The second kappa shape index (κ2) is 38.9. The predicted molar refractivity (Wildman–Crippen MR) is 318 cm³/mol. The van der Waals surface area contributed by atoms with Crippen molar-refractivity contribution in [1.29, 1.82) is 0 Å². The minimum absolute atomic E-state index is 1.01. The Hall–Kier alpha value is -3.55. The van der Waals surface area contributed by atoms with Crippen molar-refractivity contribution in [3.63, 3.8) is 0 Å². The van der Waals surface area contributed by atoms with E-state index in [1.807, 2.05) is 0 Å². The van der Waals surface area contributed by atoms with Gasteiger partial charge in [0.05, 0.1) is 0 Å². The summed E-state index contributed by atoms with van der Waals surface area (Å²) in [4.78, 5) is 0.